The summed E-state index contributed by atoms with van der Waals surface area (Å²) in [6.07, 6.45) is 6.10. The van der Waals surface area contributed by atoms with E-state index in [1.54, 1.807) is 0 Å². The van der Waals surface area contributed by atoms with E-state index in [0.717, 1.165) is 50.0 Å². The summed E-state index contributed by atoms with van der Waals surface area (Å²) in [5, 5.41) is 6.41. The third-order valence-corrected chi connectivity index (χ3v) is 7.70. The van der Waals surface area contributed by atoms with Crippen molar-refractivity contribution in [2.24, 2.45) is 23.5 Å². The molecule has 2 aliphatic carbocycles. The third-order valence-electron chi connectivity index (χ3n) is 7.70. The topological polar surface area (TPSA) is 99.4 Å². The maximum absolute atomic E-state index is 14.7. The number of benzene rings is 1. The second kappa shape index (κ2) is 8.54. The van der Waals surface area contributed by atoms with Gasteiger partial charge in [0.05, 0.1) is 17.7 Å². The number of anilines is 4. The number of piperazine rings is 1. The molecule has 1 aliphatic heterocycles. The molecule has 1 aromatic carbocycles. The summed E-state index contributed by atoms with van der Waals surface area (Å²) in [5.74, 6) is -0.849. The van der Waals surface area contributed by atoms with Gasteiger partial charge in [-0.1, -0.05) is 12.2 Å². The Balaban J connectivity index is 1.34. The summed E-state index contributed by atoms with van der Waals surface area (Å²) in [4.78, 5) is 25.4. The molecular formula is C25H32FN7O. The van der Waals surface area contributed by atoms with Crippen molar-refractivity contribution < 1.29 is 9.18 Å². The minimum atomic E-state index is -0.696. The molecule has 1 saturated heterocycles. The smallest absolute Gasteiger partial charge is 0.229 e. The van der Waals surface area contributed by atoms with Gasteiger partial charge in [-0.3, -0.25) is 4.79 Å². The standard InChI is InChI=1S/C25H32FN7O/c1-15-12-18(6-7-20(15)33-10-8-32(3)9-11-33)29-24-28-14-19(26)23(30-24)31-25(2)17-5-4-16(13-17)21(25)22(27)34/h4-7,12,14,16-17,21H,8-11,13H2,1-3H3,(H2,27,34)(H2,28,29,30,31)/t16-,17+,21-,25+/m0/s1. The fourth-order valence-electron chi connectivity index (χ4n) is 5.81. The summed E-state index contributed by atoms with van der Waals surface area (Å²) >= 11 is 0. The molecule has 0 unspecified atom stereocenters. The largest absolute Gasteiger partial charge is 0.369 e. The van der Waals surface area contributed by atoms with Crippen molar-refractivity contribution in [1.82, 2.24) is 14.9 Å². The molecule has 0 spiro atoms. The molecule has 34 heavy (non-hydrogen) atoms. The number of carbonyl (C=O) groups is 1. The van der Waals surface area contributed by atoms with Crippen molar-refractivity contribution in [2.45, 2.75) is 25.8 Å². The van der Waals surface area contributed by atoms with E-state index in [4.69, 9.17) is 5.73 Å². The number of rotatable bonds is 6. The Hall–Kier alpha value is -3.20. The number of likely N-dealkylation sites (N-methyl/N-ethyl adjacent to an activating group) is 1. The second-order valence-corrected chi connectivity index (χ2v) is 9.99. The van der Waals surface area contributed by atoms with E-state index >= 15 is 0 Å². The number of nitrogens with zero attached hydrogens (tertiary/aromatic N) is 4. The molecule has 4 atom stereocenters. The van der Waals surface area contributed by atoms with Crippen molar-refractivity contribution >= 4 is 29.0 Å². The van der Waals surface area contributed by atoms with Crippen LogP contribution in [0.4, 0.5) is 27.5 Å². The zero-order valence-corrected chi connectivity index (χ0v) is 19.9. The molecule has 2 fully saturated rings. The highest BCUT2D eigenvalue weighted by atomic mass is 19.1. The van der Waals surface area contributed by atoms with Crippen LogP contribution in [-0.4, -0.2) is 59.5 Å². The Morgan fingerprint density at radius 1 is 1.24 bits per heavy atom. The van der Waals surface area contributed by atoms with Crippen molar-refractivity contribution in [3.05, 3.63) is 47.9 Å². The number of hydrogen-bond acceptors (Lipinski definition) is 7. The minimum Gasteiger partial charge on any atom is -0.369 e. The van der Waals surface area contributed by atoms with E-state index < -0.39 is 17.3 Å². The van der Waals surface area contributed by atoms with Crippen LogP contribution < -0.4 is 21.3 Å². The lowest BCUT2D eigenvalue weighted by molar-refractivity contribution is -0.123. The highest BCUT2D eigenvalue weighted by Gasteiger charge is 2.56. The first-order chi connectivity index (χ1) is 16.2. The number of aromatic nitrogens is 2. The zero-order chi connectivity index (χ0) is 24.0. The van der Waals surface area contributed by atoms with E-state index in [9.17, 15) is 9.18 Å². The summed E-state index contributed by atoms with van der Waals surface area (Å²) in [6, 6.07) is 6.15. The Bertz CT molecular complexity index is 1130. The Kier molecular flexibility index (Phi) is 5.67. The molecule has 2 heterocycles. The summed E-state index contributed by atoms with van der Waals surface area (Å²) in [6.45, 7) is 8.11. The molecule has 9 heteroatoms. The van der Waals surface area contributed by atoms with E-state index in [-0.39, 0.29) is 29.5 Å². The SMILES string of the molecule is Cc1cc(Nc2ncc(F)c(N[C@]3(C)[C@@H]4C=C[C@@H](C4)[C@H]3C(N)=O)n2)ccc1N1CCN(C)CC1. The number of aryl methyl sites for hydroxylation is 1. The number of primary amides is 1. The molecular weight excluding hydrogens is 433 g/mol. The van der Waals surface area contributed by atoms with Crippen molar-refractivity contribution in [3.8, 4) is 0 Å². The first kappa shape index (κ1) is 22.6. The van der Waals surface area contributed by atoms with Gasteiger partial charge in [-0.15, -0.1) is 0 Å². The van der Waals surface area contributed by atoms with Crippen LogP contribution in [-0.2, 0) is 4.79 Å². The first-order valence-electron chi connectivity index (χ1n) is 11.8. The lowest BCUT2D eigenvalue weighted by Gasteiger charge is -2.38. The number of allylic oxidation sites excluding steroid dienone is 1. The van der Waals surface area contributed by atoms with E-state index in [0.29, 0.717) is 0 Å². The quantitative estimate of drug-likeness (QED) is 0.564. The average Bonchev–Trinajstić information content (AvgIpc) is 3.37. The number of carbonyl (C=O) groups excluding carboxylic acids is 1. The summed E-state index contributed by atoms with van der Waals surface area (Å²) in [7, 11) is 2.14. The van der Waals surface area contributed by atoms with Gasteiger partial charge in [0.15, 0.2) is 11.6 Å². The van der Waals surface area contributed by atoms with Gasteiger partial charge in [0.1, 0.15) is 0 Å². The van der Waals surface area contributed by atoms with Gasteiger partial charge < -0.3 is 26.2 Å². The number of halogens is 1. The van der Waals surface area contributed by atoms with Crippen LogP contribution in [0.1, 0.15) is 18.9 Å². The molecule has 5 rings (SSSR count). The minimum absolute atomic E-state index is 0.0676. The van der Waals surface area contributed by atoms with Crippen molar-refractivity contribution in [3.63, 3.8) is 0 Å². The van der Waals surface area contributed by atoms with Gasteiger partial charge in [-0.25, -0.2) is 9.37 Å². The fourth-order valence-corrected chi connectivity index (χ4v) is 5.81. The van der Waals surface area contributed by atoms with Crippen LogP contribution in [0, 0.1) is 30.5 Å². The number of nitrogens with one attached hydrogen (secondary N) is 2. The third kappa shape index (κ3) is 3.98. The van der Waals surface area contributed by atoms with E-state index in [1.165, 1.54) is 5.69 Å². The van der Waals surface area contributed by atoms with Crippen molar-refractivity contribution in [1.29, 1.82) is 0 Å². The maximum Gasteiger partial charge on any atom is 0.229 e. The average molecular weight is 466 g/mol. The van der Waals surface area contributed by atoms with Gasteiger partial charge >= 0.3 is 0 Å². The van der Waals surface area contributed by atoms with Gasteiger partial charge in [-0.05, 0) is 57.0 Å². The number of hydrogen-bond donors (Lipinski definition) is 3. The molecule has 0 radical (unpaired) electrons. The number of fused-ring (bicyclic) bond motifs is 2. The first-order valence-corrected chi connectivity index (χ1v) is 11.8. The molecule has 8 nitrogen and oxygen atoms in total. The van der Waals surface area contributed by atoms with Crippen LogP contribution >= 0.6 is 0 Å². The van der Waals surface area contributed by atoms with Crippen molar-refractivity contribution in [2.75, 3.05) is 48.8 Å². The van der Waals surface area contributed by atoms with Gasteiger partial charge in [-0.2, -0.15) is 4.98 Å². The molecule has 2 aromatic rings. The molecule has 1 amide bonds. The van der Waals surface area contributed by atoms with Gasteiger partial charge in [0.25, 0.3) is 0 Å². The Labute approximate surface area is 199 Å². The van der Waals surface area contributed by atoms with Crippen LogP contribution in [0.15, 0.2) is 36.5 Å². The Morgan fingerprint density at radius 3 is 2.71 bits per heavy atom. The summed E-state index contributed by atoms with van der Waals surface area (Å²) in [5.41, 5.74) is 8.22. The molecule has 2 bridgehead atoms. The van der Waals surface area contributed by atoms with Crippen LogP contribution in [0.3, 0.4) is 0 Å². The Morgan fingerprint density at radius 2 is 2.00 bits per heavy atom. The number of amides is 1. The van der Waals surface area contributed by atoms with Crippen LogP contribution in [0.2, 0.25) is 0 Å². The molecule has 4 N–H and O–H groups in total. The predicted molar refractivity (Wildman–Crippen MR) is 132 cm³/mol. The van der Waals surface area contributed by atoms with E-state index in [1.807, 2.05) is 19.1 Å². The molecule has 1 aromatic heterocycles. The zero-order valence-electron chi connectivity index (χ0n) is 19.9. The number of nitrogens with two attached hydrogens (primary N) is 1. The highest BCUT2D eigenvalue weighted by molar-refractivity contribution is 5.81. The summed E-state index contributed by atoms with van der Waals surface area (Å²) < 4.78 is 14.7. The monoisotopic (exact) mass is 465 g/mol. The molecule has 3 aliphatic rings. The second-order valence-electron chi connectivity index (χ2n) is 9.99. The molecule has 180 valence electrons. The van der Waals surface area contributed by atoms with Crippen LogP contribution in [0.5, 0.6) is 0 Å². The predicted octanol–water partition coefficient (Wildman–Crippen LogP) is 2.90. The maximum atomic E-state index is 14.7. The van der Waals surface area contributed by atoms with Gasteiger partial charge in [0, 0.05) is 43.5 Å². The van der Waals surface area contributed by atoms with E-state index in [2.05, 4.69) is 62.6 Å². The van der Waals surface area contributed by atoms with Crippen LogP contribution in [0.25, 0.3) is 0 Å². The molecule has 1 saturated carbocycles. The normalized spacial score (nSPS) is 28.4. The highest BCUT2D eigenvalue weighted by Crippen LogP contribution is 2.51. The van der Waals surface area contributed by atoms with Gasteiger partial charge in [0.2, 0.25) is 11.9 Å². The fraction of sp³-hybridized carbons (Fsp3) is 0.480. The lowest BCUT2D eigenvalue weighted by Crippen LogP contribution is -2.51. The lowest BCUT2D eigenvalue weighted by atomic mass is 9.76.